The minimum Gasteiger partial charge on any atom is -0.406 e. The van der Waals surface area contributed by atoms with E-state index in [1.54, 1.807) is 29.2 Å². The molecule has 1 amide bonds. The monoisotopic (exact) mass is 573 g/mol. The molecule has 0 atom stereocenters. The van der Waals surface area contributed by atoms with Gasteiger partial charge in [0.15, 0.2) is 5.17 Å². The van der Waals surface area contributed by atoms with E-state index in [0.717, 1.165) is 44.2 Å². The van der Waals surface area contributed by atoms with Gasteiger partial charge in [0.25, 0.3) is 5.91 Å². The van der Waals surface area contributed by atoms with Crippen molar-refractivity contribution in [3.63, 3.8) is 0 Å². The number of thioether (sulfide) groups is 1. The van der Waals surface area contributed by atoms with Crippen LogP contribution in [0.4, 0.5) is 18.9 Å². The Morgan fingerprint density at radius 3 is 2.49 bits per heavy atom. The van der Waals surface area contributed by atoms with Gasteiger partial charge in [-0.1, -0.05) is 48.2 Å². The summed E-state index contributed by atoms with van der Waals surface area (Å²) in [6.07, 6.45) is -1.48. The molecular weight excluding hydrogens is 551 g/mol. The number of halogens is 3. The van der Waals surface area contributed by atoms with Gasteiger partial charge in [0.2, 0.25) is 0 Å². The number of para-hydroxylation sites is 1. The third-order valence-electron chi connectivity index (χ3n) is 6.62. The van der Waals surface area contributed by atoms with Crippen LogP contribution >= 0.6 is 11.8 Å². The number of fused-ring (bicyclic) bond motifs is 3. The molecule has 0 saturated carbocycles. The van der Waals surface area contributed by atoms with E-state index in [-0.39, 0.29) is 17.4 Å². The fourth-order valence-corrected chi connectivity index (χ4v) is 5.48. The number of imidazole rings is 1. The number of alkyl halides is 3. The van der Waals surface area contributed by atoms with E-state index < -0.39 is 6.36 Å². The topological polar surface area (TPSA) is 72.1 Å². The van der Waals surface area contributed by atoms with Crippen molar-refractivity contribution < 1.29 is 22.7 Å². The number of ether oxygens (including phenoxy) is 1. The molecule has 7 nitrogen and oxygen atoms in total. The molecule has 0 bridgehead atoms. The minimum absolute atomic E-state index is 0.137. The van der Waals surface area contributed by atoms with Crippen LogP contribution in [0, 0.1) is 13.8 Å². The van der Waals surface area contributed by atoms with E-state index in [1.165, 1.54) is 28.9 Å². The SMILES string of the molecule is Cc1cccc(C)c1N=C1SCC(=O)N1N=Cc1ccc2c(ccc3c2ncn3-c2ccc(OC(F)(F)F)cc2)c1. The first kappa shape index (κ1) is 26.6. The first-order valence-corrected chi connectivity index (χ1v) is 13.6. The molecule has 1 saturated heterocycles. The molecule has 41 heavy (non-hydrogen) atoms. The number of hydrogen-bond acceptors (Lipinski definition) is 6. The van der Waals surface area contributed by atoms with Gasteiger partial charge in [-0.3, -0.25) is 9.36 Å². The van der Waals surface area contributed by atoms with Crippen LogP contribution in [-0.4, -0.2) is 44.0 Å². The van der Waals surface area contributed by atoms with Gasteiger partial charge < -0.3 is 4.74 Å². The van der Waals surface area contributed by atoms with Crippen molar-refractivity contribution in [2.24, 2.45) is 10.1 Å². The Balaban J connectivity index is 1.27. The Kier molecular flexibility index (Phi) is 6.74. The van der Waals surface area contributed by atoms with Crippen molar-refractivity contribution in [2.75, 3.05) is 5.75 Å². The number of rotatable bonds is 5. The number of aliphatic imine (C=N–C) groups is 1. The number of carbonyl (C=O) groups excluding carboxylic acids is 1. The van der Waals surface area contributed by atoms with Crippen LogP contribution in [0.15, 0.2) is 89.2 Å². The molecule has 0 aliphatic carbocycles. The van der Waals surface area contributed by atoms with Gasteiger partial charge >= 0.3 is 6.36 Å². The number of hydrogen-bond donors (Lipinski definition) is 0. The zero-order chi connectivity index (χ0) is 28.7. The van der Waals surface area contributed by atoms with Crippen molar-refractivity contribution in [3.8, 4) is 11.4 Å². The number of amides is 1. The molecule has 1 aliphatic heterocycles. The van der Waals surface area contributed by atoms with Crippen LogP contribution in [0.1, 0.15) is 16.7 Å². The summed E-state index contributed by atoms with van der Waals surface area (Å²) in [6, 6.07) is 21.2. The molecule has 0 unspecified atom stereocenters. The highest BCUT2D eigenvalue weighted by Crippen LogP contribution is 2.30. The number of carbonyl (C=O) groups is 1. The normalized spacial score (nSPS) is 15.2. The Hall–Kier alpha value is -4.64. The molecule has 0 N–H and O–H groups in total. The Bertz CT molecular complexity index is 1840. The average molecular weight is 574 g/mol. The van der Waals surface area contributed by atoms with E-state index in [9.17, 15) is 18.0 Å². The van der Waals surface area contributed by atoms with Gasteiger partial charge in [-0.05, 0) is 72.3 Å². The maximum absolute atomic E-state index is 12.6. The molecule has 0 radical (unpaired) electrons. The summed E-state index contributed by atoms with van der Waals surface area (Å²) in [7, 11) is 0. The second-order valence-corrected chi connectivity index (χ2v) is 10.4. The highest BCUT2D eigenvalue weighted by Gasteiger charge is 2.31. The Morgan fingerprint density at radius 2 is 1.76 bits per heavy atom. The summed E-state index contributed by atoms with van der Waals surface area (Å²) in [5.41, 5.74) is 5.88. The maximum atomic E-state index is 12.6. The molecule has 11 heteroatoms. The van der Waals surface area contributed by atoms with E-state index >= 15 is 0 Å². The summed E-state index contributed by atoms with van der Waals surface area (Å²) in [6.45, 7) is 3.97. The number of hydrazone groups is 1. The molecule has 1 fully saturated rings. The molecule has 0 spiro atoms. The number of aromatic nitrogens is 2. The first-order valence-electron chi connectivity index (χ1n) is 12.6. The second kappa shape index (κ2) is 10.4. The van der Waals surface area contributed by atoms with E-state index in [2.05, 4.69) is 14.8 Å². The summed E-state index contributed by atoms with van der Waals surface area (Å²) in [5, 5.41) is 8.17. The molecule has 6 rings (SSSR count). The lowest BCUT2D eigenvalue weighted by Crippen LogP contribution is -2.23. The summed E-state index contributed by atoms with van der Waals surface area (Å²) < 4.78 is 43.3. The van der Waals surface area contributed by atoms with Crippen LogP contribution in [0.3, 0.4) is 0 Å². The van der Waals surface area contributed by atoms with Gasteiger partial charge in [0, 0.05) is 11.1 Å². The van der Waals surface area contributed by atoms with Gasteiger partial charge in [0.1, 0.15) is 12.1 Å². The van der Waals surface area contributed by atoms with Crippen LogP contribution in [-0.2, 0) is 4.79 Å². The van der Waals surface area contributed by atoms with Crippen LogP contribution < -0.4 is 4.74 Å². The van der Waals surface area contributed by atoms with Gasteiger partial charge in [-0.25, -0.2) is 9.98 Å². The lowest BCUT2D eigenvalue weighted by molar-refractivity contribution is -0.274. The summed E-state index contributed by atoms with van der Waals surface area (Å²) in [4.78, 5) is 21.9. The van der Waals surface area contributed by atoms with Crippen LogP contribution in [0.25, 0.3) is 27.5 Å². The van der Waals surface area contributed by atoms with Crippen molar-refractivity contribution in [3.05, 3.63) is 95.8 Å². The highest BCUT2D eigenvalue weighted by atomic mass is 32.2. The lowest BCUT2D eigenvalue weighted by Gasteiger charge is -2.11. The Morgan fingerprint density at radius 1 is 1.00 bits per heavy atom. The van der Waals surface area contributed by atoms with Crippen LogP contribution in [0.5, 0.6) is 5.75 Å². The summed E-state index contributed by atoms with van der Waals surface area (Å²) >= 11 is 1.36. The summed E-state index contributed by atoms with van der Waals surface area (Å²) in [5.74, 6) is -0.150. The van der Waals surface area contributed by atoms with E-state index in [0.29, 0.717) is 10.9 Å². The van der Waals surface area contributed by atoms with E-state index in [1.807, 2.05) is 62.4 Å². The average Bonchev–Trinajstić information content (AvgIpc) is 3.52. The Labute approximate surface area is 237 Å². The fourth-order valence-electron chi connectivity index (χ4n) is 4.67. The number of aryl methyl sites for hydroxylation is 2. The standard InChI is InChI=1S/C30H22F3N5O2S/c1-18-4-3-5-19(2)27(18)36-29-38(26(39)16-41-29)35-15-20-6-12-24-21(14-20)7-13-25-28(24)34-17-37(25)22-8-10-23(11-9-22)40-30(31,32)33/h3-15,17H,16H2,1-2H3. The van der Waals surface area contributed by atoms with Crippen molar-refractivity contribution in [1.29, 1.82) is 0 Å². The maximum Gasteiger partial charge on any atom is 0.573 e. The molecule has 1 aromatic heterocycles. The van der Waals surface area contributed by atoms with Crippen LogP contribution in [0.2, 0.25) is 0 Å². The third-order valence-corrected chi connectivity index (χ3v) is 7.53. The van der Waals surface area contributed by atoms with Gasteiger partial charge in [-0.2, -0.15) is 10.1 Å². The predicted molar refractivity (Wildman–Crippen MR) is 155 cm³/mol. The quantitative estimate of drug-likeness (QED) is 0.207. The predicted octanol–water partition coefficient (Wildman–Crippen LogP) is 7.29. The fraction of sp³-hybridized carbons (Fsp3) is 0.133. The lowest BCUT2D eigenvalue weighted by atomic mass is 10.1. The van der Waals surface area contributed by atoms with Crippen molar-refractivity contribution >= 4 is 56.5 Å². The second-order valence-electron chi connectivity index (χ2n) is 9.44. The number of amidine groups is 1. The minimum atomic E-state index is -4.75. The van der Waals surface area contributed by atoms with Crippen molar-refractivity contribution in [2.45, 2.75) is 20.2 Å². The van der Waals surface area contributed by atoms with Gasteiger partial charge in [0.05, 0.1) is 28.7 Å². The molecule has 2 heterocycles. The molecule has 1 aliphatic rings. The van der Waals surface area contributed by atoms with Gasteiger partial charge in [-0.15, -0.1) is 13.2 Å². The smallest absolute Gasteiger partial charge is 0.406 e. The molecular formula is C30H22F3N5O2S. The molecule has 4 aromatic carbocycles. The zero-order valence-electron chi connectivity index (χ0n) is 21.9. The van der Waals surface area contributed by atoms with Crippen molar-refractivity contribution in [1.82, 2.24) is 14.6 Å². The zero-order valence-corrected chi connectivity index (χ0v) is 22.7. The molecule has 5 aromatic rings. The number of nitrogens with zero attached hydrogens (tertiary/aromatic N) is 5. The number of benzene rings is 4. The largest absolute Gasteiger partial charge is 0.573 e. The first-order chi connectivity index (χ1) is 19.7. The van der Waals surface area contributed by atoms with E-state index in [4.69, 9.17) is 4.99 Å². The third kappa shape index (κ3) is 5.40. The molecule has 206 valence electrons. The highest BCUT2D eigenvalue weighted by molar-refractivity contribution is 8.15.